The lowest BCUT2D eigenvalue weighted by atomic mass is 10.6. The molecule has 1 heterocycles. The Balaban J connectivity index is 2.63. The van der Waals surface area contributed by atoms with Crippen LogP contribution < -0.4 is 5.32 Å². The lowest BCUT2D eigenvalue weighted by Crippen LogP contribution is -2.51. The molecule has 70 valence electrons. The number of halogens is 2. The van der Waals surface area contributed by atoms with Crippen LogP contribution in [-0.2, 0) is 0 Å². The van der Waals surface area contributed by atoms with Gasteiger partial charge in [-0.05, 0) is 6.92 Å². The van der Waals surface area contributed by atoms with Crippen molar-refractivity contribution in [2.24, 2.45) is 0 Å². The van der Waals surface area contributed by atoms with Gasteiger partial charge in [0.15, 0.2) is 0 Å². The number of hydrogen-bond acceptors (Lipinski definition) is 2. The quantitative estimate of drug-likeness (QED) is 0.475. The number of nitrogens with zero attached hydrogens (tertiary/aromatic N) is 1. The second kappa shape index (κ2) is 2.98. The first-order chi connectivity index (χ1) is 5.43. The zero-order valence-corrected chi connectivity index (χ0v) is 7.55. The van der Waals surface area contributed by atoms with E-state index in [1.807, 2.05) is 0 Å². The van der Waals surface area contributed by atoms with E-state index in [9.17, 15) is 13.0 Å². The van der Waals surface area contributed by atoms with Crippen LogP contribution in [0.2, 0.25) is 0 Å². The van der Waals surface area contributed by atoms with Gasteiger partial charge < -0.3 is 15.0 Å². The molecule has 0 aliphatic carbocycles. The van der Waals surface area contributed by atoms with Crippen molar-refractivity contribution in [2.45, 2.75) is 12.6 Å². The lowest BCUT2D eigenvalue weighted by molar-refractivity contribution is 0.198. The fourth-order valence-electron chi connectivity index (χ4n) is 1.04. The van der Waals surface area contributed by atoms with Gasteiger partial charge in [-0.25, -0.2) is 13.0 Å². The molecule has 0 radical (unpaired) electrons. The highest BCUT2D eigenvalue weighted by atomic mass is 28.4. The van der Waals surface area contributed by atoms with Gasteiger partial charge >= 0.3 is 15.0 Å². The van der Waals surface area contributed by atoms with Gasteiger partial charge in [0.05, 0.1) is 0 Å². The van der Waals surface area contributed by atoms with Gasteiger partial charge in [-0.2, -0.15) is 0 Å². The van der Waals surface area contributed by atoms with Crippen LogP contribution in [0.15, 0.2) is 0 Å². The standard InChI is InChI=1S/C5H10F2N2O2Si/c1-4(12(6,7)11)9-3-2-8-5(9)10/h4,11H,2-3H2,1H3,(H,8,10). The largest absolute Gasteiger partial charge is 0.598 e. The van der Waals surface area contributed by atoms with Crippen LogP contribution in [-0.4, -0.2) is 43.5 Å². The Bertz CT molecular complexity index is 196. The second-order valence-corrected chi connectivity index (χ2v) is 4.70. The van der Waals surface area contributed by atoms with Gasteiger partial charge in [0, 0.05) is 13.1 Å². The van der Waals surface area contributed by atoms with Crippen molar-refractivity contribution < 1.29 is 17.8 Å². The third kappa shape index (κ3) is 1.72. The molecule has 1 saturated heterocycles. The van der Waals surface area contributed by atoms with Crippen molar-refractivity contribution in [2.75, 3.05) is 13.1 Å². The number of carbonyl (C=O) groups excluding carboxylic acids is 1. The van der Waals surface area contributed by atoms with Gasteiger partial charge in [-0.1, -0.05) is 0 Å². The number of nitrogens with one attached hydrogen (secondary N) is 1. The van der Waals surface area contributed by atoms with Crippen LogP contribution in [0.4, 0.5) is 13.0 Å². The minimum Gasteiger partial charge on any atom is -0.383 e. The highest BCUT2D eigenvalue weighted by molar-refractivity contribution is 6.59. The smallest absolute Gasteiger partial charge is 0.383 e. The summed E-state index contributed by atoms with van der Waals surface area (Å²) >= 11 is 0. The van der Waals surface area contributed by atoms with Crippen molar-refractivity contribution in [1.29, 1.82) is 0 Å². The Kier molecular flexibility index (Phi) is 2.33. The molecule has 1 aliphatic rings. The second-order valence-electron chi connectivity index (χ2n) is 2.69. The van der Waals surface area contributed by atoms with Crippen molar-refractivity contribution in [3.8, 4) is 0 Å². The van der Waals surface area contributed by atoms with E-state index in [1.54, 1.807) is 0 Å². The van der Waals surface area contributed by atoms with Crippen molar-refractivity contribution in [3.05, 3.63) is 0 Å². The predicted molar refractivity (Wildman–Crippen MR) is 39.8 cm³/mol. The average Bonchev–Trinajstić information content (AvgIpc) is 2.31. The molecule has 0 saturated carbocycles. The molecule has 1 fully saturated rings. The fraction of sp³-hybridized carbons (Fsp3) is 0.800. The number of urea groups is 1. The summed E-state index contributed by atoms with van der Waals surface area (Å²) in [5.41, 5.74) is -1.33. The first-order valence-electron chi connectivity index (χ1n) is 3.57. The maximum atomic E-state index is 12.4. The summed E-state index contributed by atoms with van der Waals surface area (Å²) in [7, 11) is -5.20. The van der Waals surface area contributed by atoms with Gasteiger partial charge in [0.2, 0.25) is 0 Å². The molecule has 1 atom stereocenters. The minimum atomic E-state index is -5.20. The molecule has 0 aromatic rings. The lowest BCUT2D eigenvalue weighted by Gasteiger charge is -2.23. The van der Waals surface area contributed by atoms with Gasteiger partial charge in [0.1, 0.15) is 5.67 Å². The van der Waals surface area contributed by atoms with Gasteiger partial charge in [0.25, 0.3) is 0 Å². The van der Waals surface area contributed by atoms with Crippen molar-refractivity contribution in [1.82, 2.24) is 10.2 Å². The first kappa shape index (κ1) is 9.40. The summed E-state index contributed by atoms with van der Waals surface area (Å²) in [6, 6.07) is -0.524. The number of hydrogen-bond donors (Lipinski definition) is 2. The van der Waals surface area contributed by atoms with Gasteiger partial charge in [-0.3, -0.25) is 0 Å². The topological polar surface area (TPSA) is 52.6 Å². The zero-order valence-electron chi connectivity index (χ0n) is 6.55. The maximum Gasteiger partial charge on any atom is 0.598 e. The number of rotatable bonds is 2. The Hall–Kier alpha value is -0.693. The monoisotopic (exact) mass is 196 g/mol. The SMILES string of the molecule is CC(N1CCNC1=O)[Si](O)(F)F. The molecular weight excluding hydrogens is 186 g/mol. The highest BCUT2D eigenvalue weighted by Gasteiger charge is 2.47. The molecule has 2 amide bonds. The predicted octanol–water partition coefficient (Wildman–Crippen LogP) is -0.191. The molecular formula is C5H10F2N2O2Si. The van der Waals surface area contributed by atoms with Crippen LogP contribution in [0.3, 0.4) is 0 Å². The summed E-state index contributed by atoms with van der Waals surface area (Å²) in [6.45, 7) is 1.77. The fourth-order valence-corrected chi connectivity index (χ4v) is 1.66. The van der Waals surface area contributed by atoms with Crippen LogP contribution in [0, 0.1) is 0 Å². The van der Waals surface area contributed by atoms with Gasteiger partial charge in [-0.15, -0.1) is 0 Å². The molecule has 1 unspecified atom stereocenters. The Labute approximate surface area is 69.6 Å². The van der Waals surface area contributed by atoms with E-state index >= 15 is 0 Å². The van der Waals surface area contributed by atoms with E-state index in [4.69, 9.17) is 4.80 Å². The van der Waals surface area contributed by atoms with Crippen LogP contribution >= 0.6 is 0 Å². The maximum absolute atomic E-state index is 12.4. The summed E-state index contributed by atoms with van der Waals surface area (Å²) < 4.78 is 24.8. The van der Waals surface area contributed by atoms with Crippen molar-refractivity contribution in [3.63, 3.8) is 0 Å². The Morgan fingerprint density at radius 1 is 1.75 bits per heavy atom. The van der Waals surface area contributed by atoms with E-state index in [-0.39, 0.29) is 6.54 Å². The number of amides is 2. The molecule has 12 heavy (non-hydrogen) atoms. The summed E-state index contributed by atoms with van der Waals surface area (Å²) in [6.07, 6.45) is 0. The number of carbonyl (C=O) groups is 1. The molecule has 4 nitrogen and oxygen atoms in total. The molecule has 0 spiro atoms. The summed E-state index contributed by atoms with van der Waals surface area (Å²) in [5.74, 6) is 0. The normalized spacial score (nSPS) is 21.0. The molecule has 7 heteroatoms. The molecule has 2 N–H and O–H groups in total. The van der Waals surface area contributed by atoms with Crippen LogP contribution in [0.1, 0.15) is 6.92 Å². The molecule has 1 aliphatic heterocycles. The Morgan fingerprint density at radius 2 is 2.33 bits per heavy atom. The first-order valence-corrected chi connectivity index (χ1v) is 5.35. The molecule has 0 aromatic heterocycles. The summed E-state index contributed by atoms with van der Waals surface area (Å²) in [5, 5.41) is 2.39. The molecule has 0 aromatic carbocycles. The van der Waals surface area contributed by atoms with E-state index in [2.05, 4.69) is 5.32 Å². The van der Waals surface area contributed by atoms with E-state index in [0.29, 0.717) is 6.54 Å². The van der Waals surface area contributed by atoms with Crippen LogP contribution in [0.5, 0.6) is 0 Å². The van der Waals surface area contributed by atoms with E-state index < -0.39 is 20.7 Å². The van der Waals surface area contributed by atoms with Crippen molar-refractivity contribution >= 4 is 15.0 Å². The molecule has 1 rings (SSSR count). The van der Waals surface area contributed by atoms with Crippen LogP contribution in [0.25, 0.3) is 0 Å². The highest BCUT2D eigenvalue weighted by Crippen LogP contribution is 2.16. The third-order valence-corrected chi connectivity index (χ3v) is 3.18. The average molecular weight is 196 g/mol. The van der Waals surface area contributed by atoms with E-state index in [0.717, 1.165) is 11.8 Å². The Morgan fingerprint density at radius 3 is 2.67 bits per heavy atom. The molecule has 0 bridgehead atoms. The van der Waals surface area contributed by atoms with E-state index in [1.165, 1.54) is 0 Å². The minimum absolute atomic E-state index is 0.239. The third-order valence-electron chi connectivity index (χ3n) is 1.86. The zero-order chi connectivity index (χ0) is 9.35. The summed E-state index contributed by atoms with van der Waals surface area (Å²) in [4.78, 5) is 20.3.